The molecule has 0 radical (unpaired) electrons. The molecule has 2 heteroatoms. The second-order valence-corrected chi connectivity index (χ2v) is 4.95. The second-order valence-electron chi connectivity index (χ2n) is 4.21. The molecular formula is C9H17NS. The van der Waals surface area contributed by atoms with E-state index in [1.54, 1.807) is 0 Å². The van der Waals surface area contributed by atoms with Crippen molar-refractivity contribution in [2.45, 2.75) is 38.0 Å². The third-order valence-electron chi connectivity index (χ3n) is 3.41. The fraction of sp³-hybridized carbons (Fsp3) is 1.00. The SMILES string of the molecule is CC(S)N1CCC2(CCC2)C1. The fourth-order valence-electron chi connectivity index (χ4n) is 2.37. The summed E-state index contributed by atoms with van der Waals surface area (Å²) in [7, 11) is 0. The van der Waals surface area contributed by atoms with Crippen LogP contribution >= 0.6 is 12.6 Å². The van der Waals surface area contributed by atoms with E-state index in [-0.39, 0.29) is 0 Å². The van der Waals surface area contributed by atoms with Gasteiger partial charge in [-0.05, 0) is 38.1 Å². The maximum absolute atomic E-state index is 4.46. The van der Waals surface area contributed by atoms with Gasteiger partial charge in [0, 0.05) is 11.9 Å². The number of hydrogen-bond acceptors (Lipinski definition) is 2. The molecule has 1 heterocycles. The number of rotatable bonds is 1. The predicted octanol–water partition coefficient (Wildman–Crippen LogP) is 2.14. The van der Waals surface area contributed by atoms with Gasteiger partial charge in [-0.25, -0.2) is 0 Å². The summed E-state index contributed by atoms with van der Waals surface area (Å²) < 4.78 is 0. The molecule has 1 spiro atoms. The van der Waals surface area contributed by atoms with E-state index in [1.807, 2.05) is 0 Å². The van der Waals surface area contributed by atoms with Gasteiger partial charge in [-0.3, -0.25) is 4.90 Å². The van der Waals surface area contributed by atoms with E-state index in [9.17, 15) is 0 Å². The molecule has 1 aliphatic carbocycles. The molecule has 2 aliphatic rings. The molecule has 1 saturated heterocycles. The van der Waals surface area contributed by atoms with Crippen LogP contribution in [0.1, 0.15) is 32.6 Å². The Kier molecular flexibility index (Phi) is 1.92. The lowest BCUT2D eigenvalue weighted by Gasteiger charge is -2.38. The Morgan fingerprint density at radius 2 is 2.09 bits per heavy atom. The van der Waals surface area contributed by atoms with Crippen LogP contribution in [0.3, 0.4) is 0 Å². The summed E-state index contributed by atoms with van der Waals surface area (Å²) in [5, 5.41) is 0.468. The van der Waals surface area contributed by atoms with Gasteiger partial charge in [-0.1, -0.05) is 6.42 Å². The number of likely N-dealkylation sites (tertiary alicyclic amines) is 1. The van der Waals surface area contributed by atoms with E-state index in [4.69, 9.17) is 0 Å². The Labute approximate surface area is 74.6 Å². The molecule has 0 bridgehead atoms. The summed E-state index contributed by atoms with van der Waals surface area (Å²) >= 11 is 4.46. The zero-order valence-corrected chi connectivity index (χ0v) is 8.11. The van der Waals surface area contributed by atoms with Crippen LogP contribution in [0.4, 0.5) is 0 Å². The third kappa shape index (κ3) is 1.31. The Hall–Kier alpha value is 0.310. The van der Waals surface area contributed by atoms with Gasteiger partial charge in [0.05, 0.1) is 0 Å². The Morgan fingerprint density at radius 3 is 2.36 bits per heavy atom. The van der Waals surface area contributed by atoms with E-state index >= 15 is 0 Å². The molecule has 0 amide bonds. The highest BCUT2D eigenvalue weighted by Gasteiger charge is 2.43. The van der Waals surface area contributed by atoms with Crippen molar-refractivity contribution < 1.29 is 0 Å². The molecule has 1 aliphatic heterocycles. The van der Waals surface area contributed by atoms with Crippen LogP contribution in [0.25, 0.3) is 0 Å². The monoisotopic (exact) mass is 171 g/mol. The second kappa shape index (κ2) is 2.67. The average molecular weight is 171 g/mol. The first kappa shape index (κ1) is 7.93. The van der Waals surface area contributed by atoms with Crippen LogP contribution in [-0.4, -0.2) is 23.4 Å². The molecule has 11 heavy (non-hydrogen) atoms. The molecular weight excluding hydrogens is 154 g/mol. The van der Waals surface area contributed by atoms with Crippen molar-refractivity contribution in [3.63, 3.8) is 0 Å². The molecule has 64 valence electrons. The molecule has 0 N–H and O–H groups in total. The highest BCUT2D eigenvalue weighted by Crippen LogP contribution is 2.48. The third-order valence-corrected chi connectivity index (χ3v) is 3.74. The first-order valence-corrected chi connectivity index (χ1v) is 5.16. The van der Waals surface area contributed by atoms with Crippen molar-refractivity contribution in [3.8, 4) is 0 Å². The van der Waals surface area contributed by atoms with Crippen LogP contribution in [0, 0.1) is 5.41 Å². The van der Waals surface area contributed by atoms with E-state index < -0.39 is 0 Å². The lowest BCUT2D eigenvalue weighted by molar-refractivity contribution is 0.138. The zero-order chi connectivity index (χ0) is 7.90. The molecule has 1 unspecified atom stereocenters. The minimum absolute atomic E-state index is 0.468. The van der Waals surface area contributed by atoms with E-state index in [2.05, 4.69) is 24.5 Å². The Balaban J connectivity index is 1.93. The van der Waals surface area contributed by atoms with Crippen molar-refractivity contribution in [3.05, 3.63) is 0 Å². The van der Waals surface area contributed by atoms with Crippen molar-refractivity contribution in [2.75, 3.05) is 13.1 Å². The maximum Gasteiger partial charge on any atom is 0.0499 e. The molecule has 2 fully saturated rings. The minimum atomic E-state index is 0.468. The van der Waals surface area contributed by atoms with E-state index in [1.165, 1.54) is 38.8 Å². The number of thiol groups is 1. The van der Waals surface area contributed by atoms with Crippen LogP contribution < -0.4 is 0 Å². The molecule has 1 saturated carbocycles. The molecule has 0 aromatic carbocycles. The van der Waals surface area contributed by atoms with Gasteiger partial charge < -0.3 is 0 Å². The van der Waals surface area contributed by atoms with E-state index in [0.29, 0.717) is 5.37 Å². The molecule has 0 aromatic rings. The first-order chi connectivity index (χ1) is 5.22. The average Bonchev–Trinajstić information content (AvgIpc) is 2.28. The lowest BCUT2D eigenvalue weighted by atomic mass is 9.68. The normalized spacial score (nSPS) is 32.2. The summed E-state index contributed by atoms with van der Waals surface area (Å²) in [4.78, 5) is 2.50. The van der Waals surface area contributed by atoms with Gasteiger partial charge in [-0.15, -0.1) is 0 Å². The number of hydrogen-bond donors (Lipinski definition) is 1. The van der Waals surface area contributed by atoms with Gasteiger partial charge in [-0.2, -0.15) is 12.6 Å². The van der Waals surface area contributed by atoms with Crippen molar-refractivity contribution in [2.24, 2.45) is 5.41 Å². The Morgan fingerprint density at radius 1 is 1.36 bits per heavy atom. The largest absolute Gasteiger partial charge is 0.291 e. The maximum atomic E-state index is 4.46. The summed E-state index contributed by atoms with van der Waals surface area (Å²) in [6, 6.07) is 0. The van der Waals surface area contributed by atoms with Crippen LogP contribution in [0.15, 0.2) is 0 Å². The molecule has 1 atom stereocenters. The predicted molar refractivity (Wildman–Crippen MR) is 50.9 cm³/mol. The van der Waals surface area contributed by atoms with Gasteiger partial charge >= 0.3 is 0 Å². The lowest BCUT2D eigenvalue weighted by Crippen LogP contribution is -2.35. The highest BCUT2D eigenvalue weighted by molar-refractivity contribution is 7.80. The first-order valence-electron chi connectivity index (χ1n) is 4.64. The highest BCUT2D eigenvalue weighted by atomic mass is 32.1. The standard InChI is InChI=1S/C9H17NS/c1-8(11)10-6-5-9(7-10)3-2-4-9/h8,11H,2-7H2,1H3. The summed E-state index contributed by atoms with van der Waals surface area (Å²) in [5.74, 6) is 0. The minimum Gasteiger partial charge on any atom is -0.291 e. The quantitative estimate of drug-likeness (QED) is 0.592. The van der Waals surface area contributed by atoms with Gasteiger partial charge in [0.2, 0.25) is 0 Å². The van der Waals surface area contributed by atoms with Gasteiger partial charge in [0.1, 0.15) is 0 Å². The van der Waals surface area contributed by atoms with Crippen LogP contribution in [0.5, 0.6) is 0 Å². The van der Waals surface area contributed by atoms with Crippen molar-refractivity contribution in [1.29, 1.82) is 0 Å². The topological polar surface area (TPSA) is 3.24 Å². The fourth-order valence-corrected chi connectivity index (χ4v) is 2.57. The van der Waals surface area contributed by atoms with Gasteiger partial charge in [0.25, 0.3) is 0 Å². The van der Waals surface area contributed by atoms with Gasteiger partial charge in [0.15, 0.2) is 0 Å². The summed E-state index contributed by atoms with van der Waals surface area (Å²) in [5.41, 5.74) is 0.747. The smallest absolute Gasteiger partial charge is 0.0499 e. The van der Waals surface area contributed by atoms with Crippen molar-refractivity contribution in [1.82, 2.24) is 4.90 Å². The van der Waals surface area contributed by atoms with Crippen molar-refractivity contribution >= 4 is 12.6 Å². The molecule has 1 nitrogen and oxygen atoms in total. The molecule has 2 rings (SSSR count). The van der Waals surface area contributed by atoms with Crippen LogP contribution in [-0.2, 0) is 0 Å². The van der Waals surface area contributed by atoms with E-state index in [0.717, 1.165) is 5.41 Å². The van der Waals surface area contributed by atoms with Crippen LogP contribution in [0.2, 0.25) is 0 Å². The molecule has 0 aromatic heterocycles. The summed E-state index contributed by atoms with van der Waals surface area (Å²) in [6.45, 7) is 4.78. The zero-order valence-electron chi connectivity index (χ0n) is 7.21. The Bertz CT molecular complexity index is 152. The summed E-state index contributed by atoms with van der Waals surface area (Å²) in [6.07, 6.45) is 5.85. The number of nitrogens with zero attached hydrogens (tertiary/aromatic N) is 1.